The fourth-order valence-electron chi connectivity index (χ4n) is 3.07. The highest BCUT2D eigenvalue weighted by Crippen LogP contribution is 2.43. The molecule has 0 aromatic heterocycles. The van der Waals surface area contributed by atoms with Crippen molar-refractivity contribution in [2.75, 3.05) is 33.0 Å². The first-order valence-electron chi connectivity index (χ1n) is 11.8. The highest BCUT2D eigenvalue weighted by molar-refractivity contribution is 7.52. The second kappa shape index (κ2) is 20.4. The molecule has 180 valence electrons. The van der Waals surface area contributed by atoms with Crippen LogP contribution in [0.5, 0.6) is 0 Å². The molecule has 30 heavy (non-hydrogen) atoms. The predicted octanol–water partition coefficient (Wildman–Crippen LogP) is 5.19. The van der Waals surface area contributed by atoms with Gasteiger partial charge in [-0.1, -0.05) is 84.0 Å². The molecule has 2 atom stereocenters. The Labute approximate surface area is 184 Å². The Hall–Kier alpha value is -0.460. The van der Waals surface area contributed by atoms with Gasteiger partial charge >= 0.3 is 13.6 Å². The van der Waals surface area contributed by atoms with Crippen LogP contribution in [-0.4, -0.2) is 50.2 Å². The van der Waals surface area contributed by atoms with Gasteiger partial charge in [-0.15, -0.1) is 0 Å². The Kier molecular flexibility index (Phi) is 20.1. The normalized spacial score (nSPS) is 14.4. The van der Waals surface area contributed by atoms with Gasteiger partial charge in [-0.2, -0.15) is 0 Å². The molecular weight excluding hydrogens is 405 g/mol. The lowest BCUT2D eigenvalue weighted by Gasteiger charge is -2.16. The standard InChI is InChI=1S/C22H46NO6P/c1-3-4-5-6-7-8-9-10-11-12-13-14-15-16-22(25)27-19-21(24)20-29-30(2,26)28-18-17-23/h21,24H,3-20,23H2,1-2H3. The molecule has 0 rings (SSSR count). The number of carbonyl (C=O) groups is 1. The molecule has 0 spiro atoms. The number of hydrogen-bond acceptors (Lipinski definition) is 7. The molecule has 0 amide bonds. The minimum absolute atomic E-state index is 0.123. The minimum Gasteiger partial charge on any atom is -0.463 e. The van der Waals surface area contributed by atoms with Gasteiger partial charge in [0.25, 0.3) is 0 Å². The van der Waals surface area contributed by atoms with Crippen molar-refractivity contribution in [1.29, 1.82) is 0 Å². The average molecular weight is 452 g/mol. The second-order valence-electron chi connectivity index (χ2n) is 8.02. The van der Waals surface area contributed by atoms with Gasteiger partial charge in [0.2, 0.25) is 0 Å². The van der Waals surface area contributed by atoms with E-state index in [9.17, 15) is 14.5 Å². The summed E-state index contributed by atoms with van der Waals surface area (Å²) in [6.07, 6.45) is 15.7. The molecule has 0 aliphatic rings. The molecule has 7 nitrogen and oxygen atoms in total. The SMILES string of the molecule is CCCCCCCCCCCCCCCC(=O)OCC(O)COP(C)(=O)OCCN. The average Bonchev–Trinajstić information content (AvgIpc) is 2.72. The van der Waals surface area contributed by atoms with Gasteiger partial charge in [-0.25, -0.2) is 0 Å². The summed E-state index contributed by atoms with van der Waals surface area (Å²) in [4.78, 5) is 11.7. The lowest BCUT2D eigenvalue weighted by atomic mass is 10.0. The molecule has 0 fully saturated rings. The Bertz CT molecular complexity index is 449. The van der Waals surface area contributed by atoms with Crippen molar-refractivity contribution in [2.24, 2.45) is 5.73 Å². The van der Waals surface area contributed by atoms with Gasteiger partial charge in [-0.3, -0.25) is 9.36 Å². The molecule has 0 aliphatic heterocycles. The fourth-order valence-corrected chi connectivity index (χ4v) is 4.03. The molecule has 8 heteroatoms. The van der Waals surface area contributed by atoms with Gasteiger partial charge in [0.05, 0.1) is 13.2 Å². The van der Waals surface area contributed by atoms with Gasteiger partial charge in [0.15, 0.2) is 0 Å². The van der Waals surface area contributed by atoms with Crippen molar-refractivity contribution in [1.82, 2.24) is 0 Å². The molecule has 3 N–H and O–H groups in total. The zero-order valence-electron chi connectivity index (χ0n) is 19.3. The van der Waals surface area contributed by atoms with Crippen LogP contribution in [0.15, 0.2) is 0 Å². The molecule has 0 aromatic rings. The van der Waals surface area contributed by atoms with Crippen LogP contribution < -0.4 is 5.73 Å². The van der Waals surface area contributed by atoms with Gasteiger partial charge in [0, 0.05) is 19.6 Å². The molecule has 0 saturated carbocycles. The summed E-state index contributed by atoms with van der Waals surface area (Å²) < 4.78 is 26.9. The molecule has 0 aliphatic carbocycles. The summed E-state index contributed by atoms with van der Waals surface area (Å²) in [6, 6.07) is 0. The number of ether oxygens (including phenoxy) is 1. The van der Waals surface area contributed by atoms with E-state index in [1.807, 2.05) is 0 Å². The Morgan fingerprint density at radius 3 is 1.87 bits per heavy atom. The minimum atomic E-state index is -3.23. The summed E-state index contributed by atoms with van der Waals surface area (Å²) in [7, 11) is -3.23. The van der Waals surface area contributed by atoms with E-state index in [0.29, 0.717) is 6.42 Å². The maximum absolute atomic E-state index is 11.8. The van der Waals surface area contributed by atoms with Crippen LogP contribution in [0.1, 0.15) is 96.8 Å². The van der Waals surface area contributed by atoms with E-state index in [-0.39, 0.29) is 32.3 Å². The van der Waals surface area contributed by atoms with Crippen molar-refractivity contribution in [3.8, 4) is 0 Å². The van der Waals surface area contributed by atoms with E-state index in [1.54, 1.807) is 0 Å². The van der Waals surface area contributed by atoms with E-state index in [4.69, 9.17) is 19.5 Å². The van der Waals surface area contributed by atoms with E-state index < -0.39 is 13.7 Å². The molecule has 2 unspecified atom stereocenters. The Balaban J connectivity index is 3.46. The first-order valence-corrected chi connectivity index (χ1v) is 13.8. The predicted molar refractivity (Wildman–Crippen MR) is 122 cm³/mol. The van der Waals surface area contributed by atoms with Gasteiger partial charge < -0.3 is 24.6 Å². The number of hydrogen-bond donors (Lipinski definition) is 2. The van der Waals surface area contributed by atoms with Crippen molar-refractivity contribution in [2.45, 2.75) is 103 Å². The van der Waals surface area contributed by atoms with E-state index >= 15 is 0 Å². The van der Waals surface area contributed by atoms with Crippen molar-refractivity contribution in [3.05, 3.63) is 0 Å². The number of esters is 1. The maximum atomic E-state index is 11.8. The molecular formula is C22H46NO6P. The lowest BCUT2D eigenvalue weighted by Crippen LogP contribution is -2.23. The molecule has 0 saturated heterocycles. The fraction of sp³-hybridized carbons (Fsp3) is 0.955. The third-order valence-electron chi connectivity index (χ3n) is 4.87. The molecule has 0 bridgehead atoms. The zero-order valence-corrected chi connectivity index (χ0v) is 20.2. The number of unbranched alkanes of at least 4 members (excludes halogenated alkanes) is 12. The second-order valence-corrected chi connectivity index (χ2v) is 10.1. The van der Waals surface area contributed by atoms with E-state index in [0.717, 1.165) is 19.3 Å². The molecule has 0 radical (unpaired) electrons. The van der Waals surface area contributed by atoms with Gasteiger partial charge in [-0.05, 0) is 6.42 Å². The van der Waals surface area contributed by atoms with Crippen LogP contribution in [0.25, 0.3) is 0 Å². The largest absolute Gasteiger partial charge is 0.463 e. The third-order valence-corrected chi connectivity index (χ3v) is 6.14. The maximum Gasteiger partial charge on any atom is 0.327 e. The van der Waals surface area contributed by atoms with Crippen LogP contribution in [0.3, 0.4) is 0 Å². The smallest absolute Gasteiger partial charge is 0.327 e. The van der Waals surface area contributed by atoms with Gasteiger partial charge in [0.1, 0.15) is 12.7 Å². The van der Waals surface area contributed by atoms with E-state index in [1.165, 1.54) is 70.9 Å². The quantitative estimate of drug-likeness (QED) is 0.132. The topological polar surface area (TPSA) is 108 Å². The summed E-state index contributed by atoms with van der Waals surface area (Å²) in [5.41, 5.74) is 5.27. The molecule has 0 heterocycles. The van der Waals surface area contributed by atoms with E-state index in [2.05, 4.69) is 6.92 Å². The summed E-state index contributed by atoms with van der Waals surface area (Å²) in [6.45, 7) is 3.53. The van der Waals surface area contributed by atoms with Crippen molar-refractivity contribution < 1.29 is 28.3 Å². The third kappa shape index (κ3) is 20.8. The van der Waals surface area contributed by atoms with Crippen LogP contribution >= 0.6 is 7.60 Å². The summed E-state index contributed by atoms with van der Waals surface area (Å²) in [5.74, 6) is -0.323. The number of aliphatic hydroxyl groups is 1. The first-order chi connectivity index (χ1) is 14.4. The monoisotopic (exact) mass is 451 g/mol. The Morgan fingerprint density at radius 1 is 0.867 bits per heavy atom. The lowest BCUT2D eigenvalue weighted by molar-refractivity contribution is -0.147. The number of aliphatic hydroxyl groups excluding tert-OH is 1. The van der Waals surface area contributed by atoms with Crippen molar-refractivity contribution >= 4 is 13.6 Å². The number of nitrogens with two attached hydrogens (primary N) is 1. The summed E-state index contributed by atoms with van der Waals surface area (Å²) in [5, 5.41) is 9.77. The van der Waals surface area contributed by atoms with Crippen LogP contribution in [0.2, 0.25) is 0 Å². The number of rotatable bonds is 22. The molecule has 0 aromatic carbocycles. The van der Waals surface area contributed by atoms with Crippen LogP contribution in [0.4, 0.5) is 0 Å². The van der Waals surface area contributed by atoms with Crippen LogP contribution in [0, 0.1) is 0 Å². The van der Waals surface area contributed by atoms with Crippen molar-refractivity contribution in [3.63, 3.8) is 0 Å². The zero-order chi connectivity index (χ0) is 22.5. The van der Waals surface area contributed by atoms with Crippen LogP contribution in [-0.2, 0) is 23.1 Å². The number of carbonyl (C=O) groups excluding carboxylic acids is 1. The highest BCUT2D eigenvalue weighted by atomic mass is 31.2. The Morgan fingerprint density at radius 2 is 1.37 bits per heavy atom. The summed E-state index contributed by atoms with van der Waals surface area (Å²) >= 11 is 0. The highest BCUT2D eigenvalue weighted by Gasteiger charge is 2.19. The first kappa shape index (κ1) is 29.5.